The van der Waals surface area contributed by atoms with Crippen molar-refractivity contribution in [2.75, 3.05) is 52.5 Å². The number of nitrogens with zero attached hydrogens (tertiary/aromatic N) is 3. The Bertz CT molecular complexity index is 2470. The fourth-order valence-corrected chi connectivity index (χ4v) is 9.51. The van der Waals surface area contributed by atoms with E-state index in [9.17, 15) is 38.4 Å². The van der Waals surface area contributed by atoms with Crippen LogP contribution in [-0.4, -0.2) is 147 Å². The average molecular weight is 1300 g/mol. The number of pyridine rings is 1. The van der Waals surface area contributed by atoms with Gasteiger partial charge >= 0.3 is 23.9 Å². The van der Waals surface area contributed by atoms with E-state index in [1.807, 2.05) is 47.8 Å². The first-order valence-electron chi connectivity index (χ1n) is 27.1. The summed E-state index contributed by atoms with van der Waals surface area (Å²) < 4.78 is 9.70. The second-order valence-corrected chi connectivity index (χ2v) is 19.7. The number of amides is 1. The minimum absolute atomic E-state index is 0. The van der Waals surface area contributed by atoms with Crippen molar-refractivity contribution in [3.05, 3.63) is 125 Å². The molecule has 1 aromatic heterocycles. The molecule has 3 aromatic carbocycles. The van der Waals surface area contributed by atoms with Gasteiger partial charge in [-0.3, -0.25) is 43.4 Å². The quantitative estimate of drug-likeness (QED) is 0.00808. The van der Waals surface area contributed by atoms with Crippen LogP contribution in [0.1, 0.15) is 125 Å². The van der Waals surface area contributed by atoms with Gasteiger partial charge in [-0.05, 0) is 93.6 Å². The molecule has 5 rings (SSSR count). The predicted molar refractivity (Wildman–Crippen MR) is 301 cm³/mol. The fourth-order valence-electron chi connectivity index (χ4n) is 9.51. The van der Waals surface area contributed by atoms with E-state index in [1.165, 1.54) is 40.3 Å². The number of fused-ring (bicyclic) bond motifs is 3. The van der Waals surface area contributed by atoms with Crippen molar-refractivity contribution in [3.8, 4) is 22.4 Å². The number of allylic oxidation sites excluding steroid dienone is 2. The number of aromatic nitrogens is 1. The van der Waals surface area contributed by atoms with Crippen molar-refractivity contribution < 1.29 is 93.5 Å². The first-order chi connectivity index (χ1) is 38.4. The van der Waals surface area contributed by atoms with Gasteiger partial charge in [-0.15, -0.1) is 35.9 Å². The SMILES string of the molecule is CC(O)=CC(=O)CCC(=O)NC(CC(=O)O)C(=O)O.Cc1ccc2c(c1)C(CCCCCCN(CCOC=O)CCC(=O)O)(CCCCCCN(CCOC=O)CCC(=O)O)c1cc(C)ccc1-2.[Ir].[c-]1ccccc1-c1ccccn1. The van der Waals surface area contributed by atoms with E-state index in [0.717, 1.165) is 94.6 Å². The van der Waals surface area contributed by atoms with Crippen LogP contribution in [-0.2, 0) is 73.4 Å². The van der Waals surface area contributed by atoms with E-state index in [2.05, 4.69) is 71.1 Å². The van der Waals surface area contributed by atoms with Gasteiger partial charge < -0.3 is 45.3 Å². The Balaban J connectivity index is 0.000000566. The van der Waals surface area contributed by atoms with Crippen LogP contribution in [0.25, 0.3) is 22.4 Å². The average Bonchev–Trinajstić information content (AvgIpc) is 3.97. The fraction of sp³-hybridized carbons (Fsp3) is 0.459. The Morgan fingerprint density at radius 2 is 1.15 bits per heavy atom. The summed E-state index contributed by atoms with van der Waals surface area (Å²) in [6.07, 6.45) is 12.1. The first kappa shape index (κ1) is 70.0. The number of hydrogen-bond acceptors (Lipinski definition) is 14. The van der Waals surface area contributed by atoms with Gasteiger partial charge in [0, 0.05) is 76.8 Å². The van der Waals surface area contributed by atoms with E-state index in [1.54, 1.807) is 6.20 Å². The maximum absolute atomic E-state index is 11.3. The molecule has 1 atom stereocenters. The van der Waals surface area contributed by atoms with Crippen molar-refractivity contribution in [2.24, 2.45) is 0 Å². The van der Waals surface area contributed by atoms with Crippen molar-refractivity contribution in [1.82, 2.24) is 20.1 Å². The van der Waals surface area contributed by atoms with E-state index in [-0.39, 0.29) is 70.2 Å². The van der Waals surface area contributed by atoms with E-state index < -0.39 is 48.0 Å². The third kappa shape index (κ3) is 27.3. The molecule has 0 aliphatic heterocycles. The molecule has 443 valence electrons. The zero-order chi connectivity index (χ0) is 58.7. The molecule has 6 N–H and O–H groups in total. The molecule has 1 heterocycles. The van der Waals surface area contributed by atoms with Crippen LogP contribution in [0.4, 0.5) is 0 Å². The number of aryl methyl sites for hydroxylation is 2. The molecule has 1 aliphatic rings. The van der Waals surface area contributed by atoms with Gasteiger partial charge in [0.2, 0.25) is 5.91 Å². The second-order valence-electron chi connectivity index (χ2n) is 19.7. The summed E-state index contributed by atoms with van der Waals surface area (Å²) in [6, 6.07) is 29.1. The summed E-state index contributed by atoms with van der Waals surface area (Å²) in [5.74, 6) is -5.90. The Morgan fingerprint density at radius 3 is 1.58 bits per heavy atom. The summed E-state index contributed by atoms with van der Waals surface area (Å²) in [4.78, 5) is 95.2. The third-order valence-corrected chi connectivity index (χ3v) is 13.4. The van der Waals surface area contributed by atoms with Crippen molar-refractivity contribution in [2.45, 2.75) is 129 Å². The standard InChI is InChI=1S/C39H56N2O8.C11H15NO7.C11H8N.Ir/c1-31-11-13-33-34-14-12-32(2)28-36(34)39(35(33)27-31,17-7-3-5-9-19-40(21-15-37(44)45)23-25-48-29-42)18-8-4-6-10-20-41(22-16-38(46)47)24-26-49-30-43;1-6(13)4-7(14)2-3-9(15)12-8(11(18)19)5-10(16)17;1-2-6-10(7-3-1)11-8-4-5-9-12-11;/h11-14,27-30H,3-10,15-26H2,1-2H3,(H,44,45)(H,46,47);4,8,13H,2-3,5H2,1H3,(H,12,15)(H,16,17)(H,18,19);1-6,8-9H;/q;;-1;. The number of unbranched alkanes of at least 4 members (excludes halogenated alkanes) is 6. The van der Waals surface area contributed by atoms with Crippen LogP contribution in [0.2, 0.25) is 0 Å². The number of aliphatic hydroxyl groups is 1. The number of aliphatic hydroxyl groups excluding tert-OH is 1. The van der Waals surface area contributed by atoms with Gasteiger partial charge in [-0.2, -0.15) is 0 Å². The normalized spacial score (nSPS) is 12.2. The monoisotopic (exact) mass is 1300 g/mol. The number of carboxylic acid groups (broad SMARTS) is 4. The molecule has 1 radical (unpaired) electrons. The van der Waals surface area contributed by atoms with Crippen molar-refractivity contribution in [1.29, 1.82) is 0 Å². The van der Waals surface area contributed by atoms with Gasteiger partial charge in [0.25, 0.3) is 12.9 Å². The molecule has 4 aromatic rings. The number of carboxylic acids is 4. The molecule has 0 fully saturated rings. The minimum Gasteiger partial charge on any atom is -0.512 e. The maximum Gasteiger partial charge on any atom is 0.326 e. The first-order valence-corrected chi connectivity index (χ1v) is 27.1. The number of aliphatic carboxylic acids is 4. The van der Waals surface area contributed by atoms with E-state index in [0.29, 0.717) is 39.1 Å². The number of benzene rings is 3. The van der Waals surface area contributed by atoms with Gasteiger partial charge in [0.1, 0.15) is 19.3 Å². The maximum atomic E-state index is 11.3. The van der Waals surface area contributed by atoms with Gasteiger partial charge in [0.05, 0.1) is 25.0 Å². The number of ketones is 1. The smallest absolute Gasteiger partial charge is 0.326 e. The van der Waals surface area contributed by atoms with Gasteiger partial charge in [-0.1, -0.05) is 98.2 Å². The van der Waals surface area contributed by atoms with Crippen molar-refractivity contribution >= 4 is 48.5 Å². The predicted octanol–water partition coefficient (Wildman–Crippen LogP) is 8.76. The number of nitrogens with one attached hydrogen (secondary N) is 1. The van der Waals surface area contributed by atoms with Crippen molar-refractivity contribution in [3.63, 3.8) is 0 Å². The Hall–Kier alpha value is -7.12. The second kappa shape index (κ2) is 39.3. The third-order valence-electron chi connectivity index (χ3n) is 13.4. The molecule has 0 saturated heterocycles. The van der Waals surface area contributed by atoms with Crippen LogP contribution in [0, 0.1) is 19.9 Å². The molecule has 81 heavy (non-hydrogen) atoms. The summed E-state index contributed by atoms with van der Waals surface area (Å²) in [5.41, 5.74) is 10.1. The summed E-state index contributed by atoms with van der Waals surface area (Å²) >= 11 is 0. The van der Waals surface area contributed by atoms with Crippen LogP contribution in [0.5, 0.6) is 0 Å². The molecule has 1 aliphatic carbocycles. The molecule has 1 unspecified atom stereocenters. The molecular formula is C61H79IrN4O15-. The van der Waals surface area contributed by atoms with Crippen LogP contribution < -0.4 is 5.32 Å². The van der Waals surface area contributed by atoms with Crippen LogP contribution in [0.3, 0.4) is 0 Å². The zero-order valence-electron chi connectivity index (χ0n) is 46.6. The largest absolute Gasteiger partial charge is 0.512 e. The summed E-state index contributed by atoms with van der Waals surface area (Å²) in [5, 5.41) is 46.2. The van der Waals surface area contributed by atoms with E-state index in [4.69, 9.17) is 35.0 Å². The molecular weight excluding hydrogens is 1220 g/mol. The van der Waals surface area contributed by atoms with Gasteiger partial charge in [0.15, 0.2) is 5.78 Å². The van der Waals surface area contributed by atoms with Crippen LogP contribution >= 0.6 is 0 Å². The summed E-state index contributed by atoms with van der Waals surface area (Å²) in [7, 11) is 0. The van der Waals surface area contributed by atoms with Crippen LogP contribution in [0.15, 0.2) is 96.9 Å². The topological polar surface area (TPSA) is 288 Å². The molecule has 0 saturated carbocycles. The molecule has 0 spiro atoms. The minimum atomic E-state index is -1.53. The van der Waals surface area contributed by atoms with Gasteiger partial charge in [-0.25, -0.2) is 4.79 Å². The van der Waals surface area contributed by atoms with E-state index >= 15 is 0 Å². The number of carbonyl (C=O) groups is 8. The molecule has 19 nitrogen and oxygen atoms in total. The Labute approximate surface area is 488 Å². The Morgan fingerprint density at radius 1 is 0.630 bits per heavy atom. The molecule has 20 heteroatoms. The number of ether oxygens (including phenoxy) is 2. The number of rotatable bonds is 37. The number of hydrogen-bond donors (Lipinski definition) is 6. The summed E-state index contributed by atoms with van der Waals surface area (Å²) in [6.45, 7) is 10.6. The Kier molecular flexibility index (Phi) is 34.0. The zero-order valence-corrected chi connectivity index (χ0v) is 49.0. The number of carbonyl (C=O) groups excluding carboxylic acids is 4. The molecule has 1 amide bonds. The molecule has 0 bridgehead atoms.